The van der Waals surface area contributed by atoms with Crippen LogP contribution in [0, 0.1) is 0 Å². The van der Waals surface area contributed by atoms with E-state index in [1.54, 1.807) is 0 Å². The number of ether oxygens (including phenoxy) is 1. The first-order valence-electron chi connectivity index (χ1n) is 5.08. The molecule has 14 heavy (non-hydrogen) atoms. The number of esters is 1. The number of methoxy groups -OCH3 is 1. The quantitative estimate of drug-likeness (QED) is 0.740. The molecule has 1 atom stereocenters. The minimum absolute atomic E-state index is 0. The van der Waals surface area contributed by atoms with E-state index in [4.69, 9.17) is 0 Å². The molecule has 0 unspecified atom stereocenters. The van der Waals surface area contributed by atoms with Crippen molar-refractivity contribution in [3.05, 3.63) is 0 Å². The summed E-state index contributed by atoms with van der Waals surface area (Å²) in [6.07, 6.45) is 6.30. The average Bonchev–Trinajstić information content (AvgIpc) is 2.18. The van der Waals surface area contributed by atoms with Crippen molar-refractivity contribution in [2.45, 2.75) is 51.1 Å². The molecule has 1 aliphatic carbocycles. The van der Waals surface area contributed by atoms with Crippen LogP contribution < -0.4 is 5.32 Å². The van der Waals surface area contributed by atoms with E-state index in [1.807, 2.05) is 6.92 Å². The van der Waals surface area contributed by atoms with Gasteiger partial charge in [0.05, 0.1) is 7.11 Å². The van der Waals surface area contributed by atoms with Gasteiger partial charge in [-0.3, -0.25) is 4.79 Å². The minimum Gasteiger partial charge on any atom is -0.468 e. The molecule has 0 radical (unpaired) electrons. The van der Waals surface area contributed by atoms with Crippen LogP contribution in [0.4, 0.5) is 0 Å². The van der Waals surface area contributed by atoms with E-state index in [0.29, 0.717) is 6.04 Å². The van der Waals surface area contributed by atoms with Gasteiger partial charge in [0.2, 0.25) is 0 Å². The number of hydrogen-bond donors (Lipinski definition) is 1. The van der Waals surface area contributed by atoms with Crippen LogP contribution >= 0.6 is 12.4 Å². The first kappa shape index (κ1) is 13.7. The third kappa shape index (κ3) is 4.29. The molecular formula is C10H20ClNO2. The zero-order chi connectivity index (χ0) is 9.68. The topological polar surface area (TPSA) is 38.3 Å². The van der Waals surface area contributed by atoms with Crippen molar-refractivity contribution in [1.82, 2.24) is 5.32 Å². The largest absolute Gasteiger partial charge is 0.468 e. The fourth-order valence-electron chi connectivity index (χ4n) is 1.87. The Balaban J connectivity index is 0.00000169. The summed E-state index contributed by atoms with van der Waals surface area (Å²) in [4.78, 5) is 11.1. The summed E-state index contributed by atoms with van der Waals surface area (Å²) in [5.41, 5.74) is 0. The number of carbonyl (C=O) groups is 1. The van der Waals surface area contributed by atoms with Gasteiger partial charge in [0.25, 0.3) is 0 Å². The molecule has 0 amide bonds. The zero-order valence-corrected chi connectivity index (χ0v) is 9.73. The Labute approximate surface area is 92.0 Å². The van der Waals surface area contributed by atoms with E-state index in [1.165, 1.54) is 39.2 Å². The smallest absolute Gasteiger partial charge is 0.322 e. The lowest BCUT2D eigenvalue weighted by Gasteiger charge is -2.25. The highest BCUT2D eigenvalue weighted by atomic mass is 35.5. The highest BCUT2D eigenvalue weighted by Gasteiger charge is 2.19. The molecule has 1 aliphatic rings. The van der Waals surface area contributed by atoms with Crippen LogP contribution in [0.5, 0.6) is 0 Å². The molecule has 0 saturated heterocycles. The van der Waals surface area contributed by atoms with Gasteiger partial charge < -0.3 is 10.1 Å². The van der Waals surface area contributed by atoms with Gasteiger partial charge in [0.15, 0.2) is 0 Å². The van der Waals surface area contributed by atoms with Crippen LogP contribution in [0.25, 0.3) is 0 Å². The molecule has 1 rings (SSSR count). The fourth-order valence-corrected chi connectivity index (χ4v) is 1.87. The van der Waals surface area contributed by atoms with Crippen molar-refractivity contribution >= 4 is 18.4 Å². The van der Waals surface area contributed by atoms with Crippen LogP contribution in [0.15, 0.2) is 0 Å². The van der Waals surface area contributed by atoms with E-state index >= 15 is 0 Å². The molecular weight excluding hydrogens is 202 g/mol. The molecule has 0 aromatic carbocycles. The van der Waals surface area contributed by atoms with Gasteiger partial charge in [-0.1, -0.05) is 19.3 Å². The normalized spacial score (nSPS) is 19.6. The van der Waals surface area contributed by atoms with Gasteiger partial charge in [-0.05, 0) is 19.8 Å². The second-order valence-corrected chi connectivity index (χ2v) is 3.75. The molecule has 0 spiro atoms. The lowest BCUT2D eigenvalue weighted by molar-refractivity contribution is -0.142. The first-order chi connectivity index (χ1) is 6.24. The molecule has 3 nitrogen and oxygen atoms in total. The molecule has 1 saturated carbocycles. The number of halogens is 1. The molecule has 84 valence electrons. The summed E-state index contributed by atoms with van der Waals surface area (Å²) >= 11 is 0. The SMILES string of the molecule is COC(=O)[C@@H](C)NC1CCCCC1.Cl. The second-order valence-electron chi connectivity index (χ2n) is 3.75. The van der Waals surface area contributed by atoms with Gasteiger partial charge in [-0.2, -0.15) is 0 Å². The Bertz CT molecular complexity index is 170. The van der Waals surface area contributed by atoms with Crippen molar-refractivity contribution in [2.24, 2.45) is 0 Å². The van der Waals surface area contributed by atoms with Crippen molar-refractivity contribution < 1.29 is 9.53 Å². The Kier molecular flexibility index (Phi) is 6.93. The molecule has 0 heterocycles. The van der Waals surface area contributed by atoms with E-state index in [-0.39, 0.29) is 24.4 Å². The van der Waals surface area contributed by atoms with Crippen LogP contribution in [0.1, 0.15) is 39.0 Å². The van der Waals surface area contributed by atoms with Gasteiger partial charge >= 0.3 is 5.97 Å². The molecule has 1 N–H and O–H groups in total. The van der Waals surface area contributed by atoms with E-state index in [9.17, 15) is 4.79 Å². The van der Waals surface area contributed by atoms with Crippen molar-refractivity contribution in [2.75, 3.05) is 7.11 Å². The van der Waals surface area contributed by atoms with Gasteiger partial charge in [0.1, 0.15) is 6.04 Å². The number of hydrogen-bond acceptors (Lipinski definition) is 3. The molecule has 1 fully saturated rings. The van der Waals surface area contributed by atoms with Crippen molar-refractivity contribution in [3.63, 3.8) is 0 Å². The lowest BCUT2D eigenvalue weighted by atomic mass is 9.95. The maximum Gasteiger partial charge on any atom is 0.322 e. The van der Waals surface area contributed by atoms with E-state index < -0.39 is 0 Å². The monoisotopic (exact) mass is 221 g/mol. The standard InChI is InChI=1S/C10H19NO2.ClH/c1-8(10(12)13-2)11-9-6-4-3-5-7-9;/h8-9,11H,3-7H2,1-2H3;1H/t8-;/m1./s1. The highest BCUT2D eigenvalue weighted by molar-refractivity contribution is 5.85. The Morgan fingerprint density at radius 2 is 1.93 bits per heavy atom. The van der Waals surface area contributed by atoms with Gasteiger partial charge in [-0.15, -0.1) is 12.4 Å². The summed E-state index contributed by atoms with van der Waals surface area (Å²) in [7, 11) is 1.43. The molecule has 0 aromatic rings. The van der Waals surface area contributed by atoms with Crippen LogP contribution in [0.3, 0.4) is 0 Å². The number of carbonyl (C=O) groups excluding carboxylic acids is 1. The first-order valence-corrected chi connectivity index (χ1v) is 5.08. The summed E-state index contributed by atoms with van der Waals surface area (Å²) < 4.78 is 4.65. The number of rotatable bonds is 3. The molecule has 0 aliphatic heterocycles. The van der Waals surface area contributed by atoms with E-state index in [0.717, 1.165) is 0 Å². The fraction of sp³-hybridized carbons (Fsp3) is 0.900. The third-order valence-corrected chi connectivity index (χ3v) is 2.65. The summed E-state index contributed by atoms with van der Waals surface area (Å²) in [6, 6.07) is 0.357. The zero-order valence-electron chi connectivity index (χ0n) is 8.91. The maximum absolute atomic E-state index is 11.1. The summed E-state index contributed by atoms with van der Waals surface area (Å²) in [5.74, 6) is -0.162. The lowest BCUT2D eigenvalue weighted by Crippen LogP contribution is -2.42. The summed E-state index contributed by atoms with van der Waals surface area (Å²) in [5, 5.41) is 3.29. The minimum atomic E-state index is -0.162. The van der Waals surface area contributed by atoms with Gasteiger partial charge in [-0.25, -0.2) is 0 Å². The Hall–Kier alpha value is -0.280. The van der Waals surface area contributed by atoms with Crippen LogP contribution in [-0.4, -0.2) is 25.2 Å². The van der Waals surface area contributed by atoms with Crippen LogP contribution in [0.2, 0.25) is 0 Å². The third-order valence-electron chi connectivity index (χ3n) is 2.65. The molecule has 4 heteroatoms. The van der Waals surface area contributed by atoms with Gasteiger partial charge in [0, 0.05) is 6.04 Å². The van der Waals surface area contributed by atoms with Crippen molar-refractivity contribution in [3.8, 4) is 0 Å². The molecule has 0 bridgehead atoms. The average molecular weight is 222 g/mol. The molecule has 0 aromatic heterocycles. The predicted molar refractivity (Wildman–Crippen MR) is 58.7 cm³/mol. The Morgan fingerprint density at radius 1 is 1.36 bits per heavy atom. The highest BCUT2D eigenvalue weighted by Crippen LogP contribution is 2.17. The Morgan fingerprint density at radius 3 is 2.43 bits per heavy atom. The van der Waals surface area contributed by atoms with E-state index in [2.05, 4.69) is 10.1 Å². The number of nitrogens with one attached hydrogen (secondary N) is 1. The maximum atomic E-state index is 11.1. The van der Waals surface area contributed by atoms with Crippen molar-refractivity contribution in [1.29, 1.82) is 0 Å². The predicted octanol–water partition coefficient (Wildman–Crippen LogP) is 1.89. The second kappa shape index (κ2) is 7.07. The summed E-state index contributed by atoms with van der Waals surface area (Å²) in [6.45, 7) is 1.86. The van der Waals surface area contributed by atoms with Crippen LogP contribution in [-0.2, 0) is 9.53 Å².